The third kappa shape index (κ3) is 4.14. The van der Waals surface area contributed by atoms with Gasteiger partial charge in [0.15, 0.2) is 0 Å². The number of halogens is 1. The molecule has 5 nitrogen and oxygen atoms in total. The van der Waals surface area contributed by atoms with E-state index in [1.807, 2.05) is 32.9 Å². The highest BCUT2D eigenvalue weighted by Crippen LogP contribution is 2.31. The molecule has 0 spiro atoms. The Hall–Kier alpha value is -3.02. The van der Waals surface area contributed by atoms with E-state index in [1.54, 1.807) is 35.4 Å². The SMILES string of the molecule is CC(C)(C)OC(=O)Cn1cnc(-c2ccc(F)cc2)c1-c1ccncc1. The minimum absolute atomic E-state index is 0.0309. The Balaban J connectivity index is 2.03. The molecule has 0 atom stereocenters. The van der Waals surface area contributed by atoms with Crippen LogP contribution in [0.15, 0.2) is 55.1 Å². The molecule has 0 saturated carbocycles. The van der Waals surface area contributed by atoms with Crippen molar-refractivity contribution in [1.82, 2.24) is 14.5 Å². The van der Waals surface area contributed by atoms with Gasteiger partial charge in [-0.15, -0.1) is 0 Å². The number of esters is 1. The molecule has 0 aliphatic carbocycles. The molecule has 0 aliphatic heterocycles. The second-order valence-corrected chi connectivity index (χ2v) is 6.90. The van der Waals surface area contributed by atoms with E-state index in [9.17, 15) is 9.18 Å². The lowest BCUT2D eigenvalue weighted by molar-refractivity contribution is -0.155. The zero-order chi connectivity index (χ0) is 18.7. The van der Waals surface area contributed by atoms with Crippen LogP contribution >= 0.6 is 0 Å². The van der Waals surface area contributed by atoms with Gasteiger partial charge < -0.3 is 9.30 Å². The summed E-state index contributed by atoms with van der Waals surface area (Å²) >= 11 is 0. The average Bonchev–Trinajstić information content (AvgIpc) is 2.98. The molecule has 134 valence electrons. The van der Waals surface area contributed by atoms with Gasteiger partial charge in [0, 0.05) is 23.5 Å². The maximum atomic E-state index is 13.3. The first-order valence-electron chi connectivity index (χ1n) is 8.27. The topological polar surface area (TPSA) is 57.0 Å². The third-order valence-corrected chi connectivity index (χ3v) is 3.63. The summed E-state index contributed by atoms with van der Waals surface area (Å²) in [6.45, 7) is 5.51. The molecule has 3 aromatic rings. The van der Waals surface area contributed by atoms with Gasteiger partial charge in [-0.1, -0.05) is 0 Å². The Morgan fingerprint density at radius 1 is 1.08 bits per heavy atom. The standard InChI is InChI=1S/C20H20FN3O2/c1-20(2,3)26-17(25)12-24-13-23-18(14-4-6-16(21)7-5-14)19(24)15-8-10-22-11-9-15/h4-11,13H,12H2,1-3H3. The van der Waals surface area contributed by atoms with E-state index in [-0.39, 0.29) is 18.3 Å². The Bertz CT molecular complexity index is 897. The third-order valence-electron chi connectivity index (χ3n) is 3.63. The molecular weight excluding hydrogens is 333 g/mol. The number of pyridine rings is 1. The van der Waals surface area contributed by atoms with Crippen LogP contribution in [0.2, 0.25) is 0 Å². The van der Waals surface area contributed by atoms with Crippen LogP contribution in [0.4, 0.5) is 4.39 Å². The second-order valence-electron chi connectivity index (χ2n) is 6.90. The van der Waals surface area contributed by atoms with E-state index in [4.69, 9.17) is 4.74 Å². The van der Waals surface area contributed by atoms with E-state index in [0.29, 0.717) is 5.69 Å². The van der Waals surface area contributed by atoms with Crippen LogP contribution in [-0.4, -0.2) is 26.1 Å². The summed E-state index contributed by atoms with van der Waals surface area (Å²) < 4.78 is 20.4. The number of carbonyl (C=O) groups excluding carboxylic acids is 1. The van der Waals surface area contributed by atoms with E-state index < -0.39 is 5.60 Å². The number of hydrogen-bond acceptors (Lipinski definition) is 4. The van der Waals surface area contributed by atoms with Gasteiger partial charge in [0.2, 0.25) is 0 Å². The molecule has 0 bridgehead atoms. The zero-order valence-electron chi connectivity index (χ0n) is 14.9. The fourth-order valence-corrected chi connectivity index (χ4v) is 2.65. The van der Waals surface area contributed by atoms with E-state index in [0.717, 1.165) is 16.8 Å². The number of rotatable bonds is 4. The van der Waals surface area contributed by atoms with Crippen LogP contribution in [0.25, 0.3) is 22.5 Å². The Morgan fingerprint density at radius 3 is 2.35 bits per heavy atom. The largest absolute Gasteiger partial charge is 0.459 e. The van der Waals surface area contributed by atoms with Crippen molar-refractivity contribution < 1.29 is 13.9 Å². The van der Waals surface area contributed by atoms with E-state index >= 15 is 0 Å². The summed E-state index contributed by atoms with van der Waals surface area (Å²) in [7, 11) is 0. The average molecular weight is 353 g/mol. The summed E-state index contributed by atoms with van der Waals surface area (Å²) in [5.41, 5.74) is 2.49. The quantitative estimate of drug-likeness (QED) is 0.663. The molecular formula is C20H20FN3O2. The number of carbonyl (C=O) groups is 1. The lowest BCUT2D eigenvalue weighted by Crippen LogP contribution is -2.26. The molecule has 1 aromatic carbocycles. The first-order chi connectivity index (χ1) is 12.3. The van der Waals surface area contributed by atoms with Crippen molar-refractivity contribution in [3.05, 3.63) is 60.9 Å². The smallest absolute Gasteiger partial charge is 0.326 e. The van der Waals surface area contributed by atoms with Crippen molar-refractivity contribution in [2.75, 3.05) is 0 Å². The van der Waals surface area contributed by atoms with Crippen molar-refractivity contribution in [3.8, 4) is 22.5 Å². The van der Waals surface area contributed by atoms with E-state index in [2.05, 4.69) is 9.97 Å². The Labute approximate surface area is 151 Å². The van der Waals surface area contributed by atoms with Crippen molar-refractivity contribution in [2.45, 2.75) is 32.9 Å². The molecule has 0 saturated heterocycles. The van der Waals surface area contributed by atoms with Crippen molar-refractivity contribution in [3.63, 3.8) is 0 Å². The first-order valence-corrected chi connectivity index (χ1v) is 8.27. The predicted octanol–water partition coefficient (Wildman–Crippen LogP) is 4.09. The fourth-order valence-electron chi connectivity index (χ4n) is 2.65. The number of nitrogens with zero attached hydrogens (tertiary/aromatic N) is 3. The molecule has 6 heteroatoms. The van der Waals surface area contributed by atoms with Gasteiger partial charge in [-0.2, -0.15) is 0 Å². The summed E-state index contributed by atoms with van der Waals surface area (Å²) in [4.78, 5) is 20.8. The summed E-state index contributed by atoms with van der Waals surface area (Å²) in [6.07, 6.45) is 4.95. The number of imidazole rings is 1. The van der Waals surface area contributed by atoms with Gasteiger partial charge in [0.25, 0.3) is 0 Å². The summed E-state index contributed by atoms with van der Waals surface area (Å²) in [5, 5.41) is 0. The molecule has 2 heterocycles. The monoisotopic (exact) mass is 353 g/mol. The minimum atomic E-state index is -0.561. The molecule has 0 aliphatic rings. The van der Waals surface area contributed by atoms with Crippen LogP contribution in [0.3, 0.4) is 0 Å². The molecule has 0 fully saturated rings. The Morgan fingerprint density at radius 2 is 1.73 bits per heavy atom. The van der Waals surface area contributed by atoms with Gasteiger partial charge >= 0.3 is 5.97 Å². The molecule has 3 rings (SSSR count). The van der Waals surface area contributed by atoms with Crippen molar-refractivity contribution >= 4 is 5.97 Å². The van der Waals surface area contributed by atoms with Crippen LogP contribution < -0.4 is 0 Å². The van der Waals surface area contributed by atoms with Gasteiger partial charge in [-0.3, -0.25) is 9.78 Å². The summed E-state index contributed by atoms with van der Waals surface area (Å²) in [5.74, 6) is -0.664. The molecule has 26 heavy (non-hydrogen) atoms. The van der Waals surface area contributed by atoms with Gasteiger partial charge in [-0.05, 0) is 57.2 Å². The maximum absolute atomic E-state index is 13.3. The van der Waals surface area contributed by atoms with Crippen molar-refractivity contribution in [2.24, 2.45) is 0 Å². The number of ether oxygens (including phenoxy) is 1. The minimum Gasteiger partial charge on any atom is -0.459 e. The lowest BCUT2D eigenvalue weighted by Gasteiger charge is -2.20. The van der Waals surface area contributed by atoms with Crippen molar-refractivity contribution in [1.29, 1.82) is 0 Å². The highest BCUT2D eigenvalue weighted by Gasteiger charge is 2.20. The highest BCUT2D eigenvalue weighted by molar-refractivity contribution is 5.80. The molecule has 2 aromatic heterocycles. The normalized spacial score (nSPS) is 11.4. The molecule has 0 N–H and O–H groups in total. The number of benzene rings is 1. The maximum Gasteiger partial charge on any atom is 0.326 e. The van der Waals surface area contributed by atoms with Gasteiger partial charge in [-0.25, -0.2) is 9.37 Å². The molecule has 0 unspecified atom stereocenters. The Kier molecular flexibility index (Phi) is 4.84. The molecule has 0 amide bonds. The first kappa shape index (κ1) is 17.8. The van der Waals surface area contributed by atoms with Gasteiger partial charge in [0.1, 0.15) is 18.0 Å². The highest BCUT2D eigenvalue weighted by atomic mass is 19.1. The number of hydrogen-bond donors (Lipinski definition) is 0. The van der Waals surface area contributed by atoms with Crippen LogP contribution in [0.1, 0.15) is 20.8 Å². The van der Waals surface area contributed by atoms with Crippen LogP contribution in [-0.2, 0) is 16.1 Å². The number of aromatic nitrogens is 3. The van der Waals surface area contributed by atoms with Crippen LogP contribution in [0, 0.1) is 5.82 Å². The lowest BCUT2D eigenvalue weighted by atomic mass is 10.1. The van der Waals surface area contributed by atoms with E-state index in [1.165, 1.54) is 12.1 Å². The van der Waals surface area contributed by atoms with Gasteiger partial charge in [0.05, 0.1) is 17.7 Å². The predicted molar refractivity (Wildman–Crippen MR) is 96.7 cm³/mol. The molecule has 0 radical (unpaired) electrons. The summed E-state index contributed by atoms with van der Waals surface area (Å²) in [6, 6.07) is 9.79. The van der Waals surface area contributed by atoms with Crippen LogP contribution in [0.5, 0.6) is 0 Å². The second kappa shape index (κ2) is 7.07. The fraction of sp³-hybridized carbons (Fsp3) is 0.250. The zero-order valence-corrected chi connectivity index (χ0v) is 14.9.